The molecule has 1 unspecified atom stereocenters. The maximum absolute atomic E-state index is 12.1. The Morgan fingerprint density at radius 2 is 2.00 bits per heavy atom. The van der Waals surface area contributed by atoms with Crippen molar-refractivity contribution in [1.82, 2.24) is 5.32 Å². The second-order valence-corrected chi connectivity index (χ2v) is 4.50. The first-order chi connectivity index (χ1) is 9.15. The van der Waals surface area contributed by atoms with Crippen molar-refractivity contribution in [2.75, 3.05) is 20.1 Å². The van der Waals surface area contributed by atoms with Crippen LogP contribution < -0.4 is 14.8 Å². The largest absolute Gasteiger partial charge is 0.493 e. The number of carbonyl (C=O) groups excluding carboxylic acids is 1. The summed E-state index contributed by atoms with van der Waals surface area (Å²) in [7, 11) is 3.10. The van der Waals surface area contributed by atoms with E-state index in [1.807, 2.05) is 6.92 Å². The van der Waals surface area contributed by atoms with Gasteiger partial charge in [-0.2, -0.15) is 0 Å². The van der Waals surface area contributed by atoms with Crippen LogP contribution in [0.4, 0.5) is 0 Å². The lowest BCUT2D eigenvalue weighted by Crippen LogP contribution is -2.34. The molecular formula is C14H20ClNO3. The van der Waals surface area contributed by atoms with E-state index in [9.17, 15) is 4.79 Å². The number of nitrogens with one attached hydrogen (secondary N) is 1. The summed E-state index contributed by atoms with van der Waals surface area (Å²) in [5, 5.41) is 2.95. The van der Waals surface area contributed by atoms with E-state index >= 15 is 0 Å². The number of amides is 1. The van der Waals surface area contributed by atoms with Gasteiger partial charge in [0.1, 0.15) is 0 Å². The summed E-state index contributed by atoms with van der Waals surface area (Å²) in [5.41, 5.74) is 0.547. The number of hydrogen-bond acceptors (Lipinski definition) is 3. The van der Waals surface area contributed by atoms with Crippen molar-refractivity contribution in [2.45, 2.75) is 25.8 Å². The molecule has 1 aromatic rings. The molecule has 0 aliphatic carbocycles. The Balaban J connectivity index is 2.82. The number of halogens is 1. The predicted octanol–water partition coefficient (Wildman–Crippen LogP) is 2.84. The topological polar surface area (TPSA) is 47.6 Å². The number of alkyl halides is 1. The van der Waals surface area contributed by atoms with Gasteiger partial charge < -0.3 is 14.8 Å². The summed E-state index contributed by atoms with van der Waals surface area (Å²) in [6.07, 6.45) is 1.61. The standard InChI is InChI=1S/C14H20ClNO3/c1-4-11(7-8-15)16-14(17)10-5-6-12(18-2)13(9-10)19-3/h5-6,9,11H,4,7-8H2,1-3H3,(H,16,17). The first kappa shape index (κ1) is 15.6. The number of carbonyl (C=O) groups is 1. The molecule has 0 saturated carbocycles. The Morgan fingerprint density at radius 1 is 1.32 bits per heavy atom. The number of hydrogen-bond donors (Lipinski definition) is 1. The Morgan fingerprint density at radius 3 is 2.53 bits per heavy atom. The van der Waals surface area contributed by atoms with Crippen molar-refractivity contribution in [1.29, 1.82) is 0 Å². The highest BCUT2D eigenvalue weighted by molar-refractivity contribution is 6.17. The van der Waals surface area contributed by atoms with Gasteiger partial charge in [0.05, 0.1) is 14.2 Å². The van der Waals surface area contributed by atoms with E-state index in [2.05, 4.69) is 5.32 Å². The molecule has 0 bridgehead atoms. The number of methoxy groups -OCH3 is 2. The number of rotatable bonds is 7. The van der Waals surface area contributed by atoms with Crippen molar-refractivity contribution in [3.8, 4) is 11.5 Å². The normalized spacial score (nSPS) is 11.8. The van der Waals surface area contributed by atoms with Crippen LogP contribution in [0.3, 0.4) is 0 Å². The molecule has 4 nitrogen and oxygen atoms in total. The molecule has 0 aliphatic rings. The van der Waals surface area contributed by atoms with Gasteiger partial charge in [-0.15, -0.1) is 11.6 Å². The van der Waals surface area contributed by atoms with Crippen LogP contribution >= 0.6 is 11.6 Å². The lowest BCUT2D eigenvalue weighted by atomic mass is 10.1. The molecular weight excluding hydrogens is 266 g/mol. The highest BCUT2D eigenvalue weighted by atomic mass is 35.5. The zero-order valence-corrected chi connectivity index (χ0v) is 12.3. The first-order valence-corrected chi connectivity index (χ1v) is 6.78. The quantitative estimate of drug-likeness (QED) is 0.784. The van der Waals surface area contributed by atoms with Crippen molar-refractivity contribution in [3.05, 3.63) is 23.8 Å². The highest BCUT2D eigenvalue weighted by Gasteiger charge is 2.14. The van der Waals surface area contributed by atoms with Gasteiger partial charge in [0.2, 0.25) is 0 Å². The molecule has 0 saturated heterocycles. The molecule has 1 aromatic carbocycles. The molecule has 0 heterocycles. The van der Waals surface area contributed by atoms with Crippen LogP contribution in [0.15, 0.2) is 18.2 Å². The van der Waals surface area contributed by atoms with E-state index in [4.69, 9.17) is 21.1 Å². The fourth-order valence-electron chi connectivity index (χ4n) is 1.76. The Hall–Kier alpha value is -1.42. The van der Waals surface area contributed by atoms with Gasteiger partial charge in [0.25, 0.3) is 5.91 Å². The van der Waals surface area contributed by atoms with Gasteiger partial charge in [-0.3, -0.25) is 4.79 Å². The monoisotopic (exact) mass is 285 g/mol. The third kappa shape index (κ3) is 4.31. The van der Waals surface area contributed by atoms with E-state index < -0.39 is 0 Å². The maximum atomic E-state index is 12.1. The van der Waals surface area contributed by atoms with E-state index in [1.165, 1.54) is 0 Å². The summed E-state index contributed by atoms with van der Waals surface area (Å²) < 4.78 is 10.3. The summed E-state index contributed by atoms with van der Waals surface area (Å²) in [6.45, 7) is 2.02. The smallest absolute Gasteiger partial charge is 0.251 e. The molecule has 0 spiro atoms. The van der Waals surface area contributed by atoms with Crippen molar-refractivity contribution < 1.29 is 14.3 Å². The van der Waals surface area contributed by atoms with Crippen LogP contribution in [0.5, 0.6) is 11.5 Å². The molecule has 0 fully saturated rings. The lowest BCUT2D eigenvalue weighted by molar-refractivity contribution is 0.0934. The molecule has 1 N–H and O–H groups in total. The minimum Gasteiger partial charge on any atom is -0.493 e. The highest BCUT2D eigenvalue weighted by Crippen LogP contribution is 2.27. The molecule has 1 rings (SSSR count). The second-order valence-electron chi connectivity index (χ2n) is 4.13. The predicted molar refractivity (Wildman–Crippen MR) is 76.4 cm³/mol. The first-order valence-electron chi connectivity index (χ1n) is 6.25. The van der Waals surface area contributed by atoms with Crippen molar-refractivity contribution >= 4 is 17.5 Å². The minimum atomic E-state index is -0.127. The molecule has 19 heavy (non-hydrogen) atoms. The zero-order chi connectivity index (χ0) is 14.3. The Kier molecular flexibility index (Phi) is 6.50. The van der Waals surface area contributed by atoms with Gasteiger partial charge in [0, 0.05) is 17.5 Å². The van der Waals surface area contributed by atoms with Gasteiger partial charge >= 0.3 is 0 Å². The van der Waals surface area contributed by atoms with E-state index in [0.29, 0.717) is 22.9 Å². The third-order valence-electron chi connectivity index (χ3n) is 2.93. The molecule has 106 valence electrons. The number of benzene rings is 1. The van der Waals surface area contributed by atoms with E-state index in [1.54, 1.807) is 32.4 Å². The summed E-state index contributed by atoms with van der Waals surface area (Å²) in [4.78, 5) is 12.1. The van der Waals surface area contributed by atoms with Gasteiger partial charge in [-0.25, -0.2) is 0 Å². The Bertz CT molecular complexity index is 423. The Labute approximate surface area is 119 Å². The second kappa shape index (κ2) is 7.89. The van der Waals surface area contributed by atoms with Crippen molar-refractivity contribution in [2.24, 2.45) is 0 Å². The van der Waals surface area contributed by atoms with Crippen LogP contribution in [-0.2, 0) is 0 Å². The number of ether oxygens (including phenoxy) is 2. The van der Waals surface area contributed by atoms with Crippen LogP contribution in [0, 0.1) is 0 Å². The summed E-state index contributed by atoms with van der Waals surface area (Å²) in [5.74, 6) is 1.55. The molecule has 0 aliphatic heterocycles. The van der Waals surface area contributed by atoms with Crippen LogP contribution in [0.25, 0.3) is 0 Å². The fraction of sp³-hybridized carbons (Fsp3) is 0.500. The SMILES string of the molecule is CCC(CCCl)NC(=O)c1ccc(OC)c(OC)c1. The molecule has 0 aromatic heterocycles. The third-order valence-corrected chi connectivity index (χ3v) is 3.15. The summed E-state index contributed by atoms with van der Waals surface area (Å²) in [6, 6.07) is 5.19. The molecule has 1 amide bonds. The van der Waals surface area contributed by atoms with E-state index in [-0.39, 0.29) is 11.9 Å². The van der Waals surface area contributed by atoms with Gasteiger partial charge in [0.15, 0.2) is 11.5 Å². The lowest BCUT2D eigenvalue weighted by Gasteiger charge is -2.16. The fourth-order valence-corrected chi connectivity index (χ4v) is 2.02. The van der Waals surface area contributed by atoms with E-state index in [0.717, 1.165) is 12.8 Å². The molecule has 1 atom stereocenters. The van der Waals surface area contributed by atoms with Gasteiger partial charge in [-0.05, 0) is 31.0 Å². The molecule has 5 heteroatoms. The van der Waals surface area contributed by atoms with Crippen LogP contribution in [-0.4, -0.2) is 32.0 Å². The minimum absolute atomic E-state index is 0.0955. The average Bonchev–Trinajstić information content (AvgIpc) is 2.45. The van der Waals surface area contributed by atoms with Gasteiger partial charge in [-0.1, -0.05) is 6.92 Å². The van der Waals surface area contributed by atoms with Crippen molar-refractivity contribution in [3.63, 3.8) is 0 Å². The zero-order valence-electron chi connectivity index (χ0n) is 11.5. The van der Waals surface area contributed by atoms with Crippen LogP contribution in [0.1, 0.15) is 30.1 Å². The molecule has 0 radical (unpaired) electrons. The summed E-state index contributed by atoms with van der Waals surface area (Å²) >= 11 is 5.70. The maximum Gasteiger partial charge on any atom is 0.251 e. The van der Waals surface area contributed by atoms with Crippen LogP contribution in [0.2, 0.25) is 0 Å². The average molecular weight is 286 g/mol.